The number of halogens is 3. The molecule has 0 radical (unpaired) electrons. The van der Waals surface area contributed by atoms with Gasteiger partial charge in [-0.15, -0.1) is 0 Å². The summed E-state index contributed by atoms with van der Waals surface area (Å²) in [5.41, 5.74) is 10.7. The lowest BCUT2D eigenvalue weighted by Crippen LogP contribution is -2.20. The van der Waals surface area contributed by atoms with Crippen LogP contribution in [0.25, 0.3) is 22.0 Å². The van der Waals surface area contributed by atoms with E-state index in [0.29, 0.717) is 16.6 Å². The van der Waals surface area contributed by atoms with E-state index in [1.165, 1.54) is 12.4 Å². The highest BCUT2D eigenvalue weighted by atomic mass is 19.4. The molecule has 0 aromatic carbocycles. The number of nitrogens with two attached hydrogens (primary N) is 2. The number of hydrogen-bond acceptors (Lipinski definition) is 8. The number of alkyl halides is 3. The number of nitrogen functional groups attached to an aromatic ring is 2. The highest BCUT2D eigenvalue weighted by Crippen LogP contribution is 2.45. The van der Waals surface area contributed by atoms with Crippen molar-refractivity contribution in [1.29, 1.82) is 0 Å². The fraction of sp³-hybridized carbons (Fsp3) is 0.318. The molecule has 1 unspecified atom stereocenters. The largest absolute Gasteiger partial charge is 0.419 e. The van der Waals surface area contributed by atoms with E-state index in [0.717, 1.165) is 19.0 Å². The van der Waals surface area contributed by atoms with Crippen molar-refractivity contribution in [2.24, 2.45) is 22.9 Å². The van der Waals surface area contributed by atoms with E-state index in [1.807, 2.05) is 18.3 Å². The third-order valence-electron chi connectivity index (χ3n) is 6.17. The van der Waals surface area contributed by atoms with Gasteiger partial charge < -0.3 is 16.8 Å². The van der Waals surface area contributed by atoms with Crippen LogP contribution in [-0.2, 0) is 11.0 Å². The number of aromatic nitrogens is 3. The molecular formula is C22H21F3N8O. The molecule has 176 valence electrons. The lowest BCUT2D eigenvalue weighted by Gasteiger charge is -2.12. The molecule has 9 nitrogen and oxygen atoms in total. The Labute approximate surface area is 192 Å². The van der Waals surface area contributed by atoms with Crippen LogP contribution in [0.4, 0.5) is 30.6 Å². The predicted octanol–water partition coefficient (Wildman–Crippen LogP) is 3.00. The lowest BCUT2D eigenvalue weighted by atomic mass is 10.0. The van der Waals surface area contributed by atoms with Gasteiger partial charge >= 0.3 is 6.18 Å². The van der Waals surface area contributed by atoms with Gasteiger partial charge in [0.2, 0.25) is 5.91 Å². The monoisotopic (exact) mass is 470 g/mol. The number of pyridine rings is 3. The summed E-state index contributed by atoms with van der Waals surface area (Å²) in [4.78, 5) is 24.8. The highest BCUT2D eigenvalue weighted by Gasteiger charge is 2.48. The Morgan fingerprint density at radius 2 is 1.94 bits per heavy atom. The first-order chi connectivity index (χ1) is 16.1. The van der Waals surface area contributed by atoms with Crippen LogP contribution in [0.15, 0.2) is 35.7 Å². The molecule has 0 saturated heterocycles. The van der Waals surface area contributed by atoms with Crippen LogP contribution in [0.1, 0.15) is 12.0 Å². The van der Waals surface area contributed by atoms with Crippen LogP contribution < -0.4 is 16.8 Å². The molecule has 3 atom stereocenters. The lowest BCUT2D eigenvalue weighted by molar-refractivity contribution is -0.137. The summed E-state index contributed by atoms with van der Waals surface area (Å²) in [5.74, 6) is 0.0710. The molecule has 1 saturated carbocycles. The van der Waals surface area contributed by atoms with E-state index < -0.39 is 17.6 Å². The number of fused-ring (bicyclic) bond motifs is 1. The van der Waals surface area contributed by atoms with Crippen LogP contribution in [0.2, 0.25) is 0 Å². The molecule has 2 aliphatic rings. The fourth-order valence-electron chi connectivity index (χ4n) is 4.29. The van der Waals surface area contributed by atoms with Crippen LogP contribution in [0.3, 0.4) is 0 Å². The van der Waals surface area contributed by atoms with Crippen molar-refractivity contribution in [3.05, 3.63) is 36.2 Å². The Morgan fingerprint density at radius 3 is 2.65 bits per heavy atom. The molecule has 3 aromatic heterocycles. The summed E-state index contributed by atoms with van der Waals surface area (Å²) in [6, 6.07) is 4.07. The maximum Gasteiger partial charge on any atom is 0.419 e. The smallest absolute Gasteiger partial charge is 0.383 e. The molecule has 0 spiro atoms. The minimum Gasteiger partial charge on any atom is -0.383 e. The van der Waals surface area contributed by atoms with Gasteiger partial charge in [-0.2, -0.15) is 18.3 Å². The average Bonchev–Trinajstić information content (AvgIpc) is 3.46. The van der Waals surface area contributed by atoms with Crippen LogP contribution in [0, 0.1) is 17.8 Å². The maximum absolute atomic E-state index is 13.2. The Bertz CT molecular complexity index is 1330. The van der Waals surface area contributed by atoms with E-state index in [2.05, 4.69) is 25.4 Å². The van der Waals surface area contributed by atoms with Crippen molar-refractivity contribution < 1.29 is 18.0 Å². The van der Waals surface area contributed by atoms with E-state index in [4.69, 9.17) is 11.5 Å². The van der Waals surface area contributed by atoms with Crippen molar-refractivity contribution >= 4 is 40.3 Å². The fourth-order valence-corrected chi connectivity index (χ4v) is 4.29. The standard InChI is InChI=1S/C22H21F3N8O/c1-33-9-12(7-30-33)13-5-14(13)21(34)32-18-4-10-3-17(31-19(26)15(10)8-28-18)11-2-16(22(23,24)25)20(27)29-6-11/h2-4,6-8,12-14H,5,9H2,1H3,(H2,26,31)(H2,27,29)(H,28,32,34)/t12?,13-,14+/m1/s1. The third-order valence-corrected chi connectivity index (χ3v) is 6.17. The summed E-state index contributed by atoms with van der Waals surface area (Å²) in [7, 11) is 1.89. The van der Waals surface area contributed by atoms with E-state index in [-0.39, 0.29) is 40.7 Å². The molecule has 3 aromatic rings. The zero-order valence-electron chi connectivity index (χ0n) is 18.0. The third kappa shape index (κ3) is 4.06. The summed E-state index contributed by atoms with van der Waals surface area (Å²) in [6.07, 6.45) is 0.704. The number of rotatable bonds is 4. The summed E-state index contributed by atoms with van der Waals surface area (Å²) in [6.45, 7) is 0.799. The highest BCUT2D eigenvalue weighted by molar-refractivity contribution is 5.98. The minimum atomic E-state index is -4.66. The first kappa shape index (κ1) is 21.9. The second kappa shape index (κ2) is 7.82. The number of amides is 1. The van der Waals surface area contributed by atoms with Gasteiger partial charge in [-0.05, 0) is 35.9 Å². The van der Waals surface area contributed by atoms with Crippen molar-refractivity contribution in [3.63, 3.8) is 0 Å². The molecule has 4 heterocycles. The number of anilines is 3. The van der Waals surface area contributed by atoms with Gasteiger partial charge in [0, 0.05) is 55.0 Å². The van der Waals surface area contributed by atoms with Gasteiger partial charge in [-0.1, -0.05) is 0 Å². The Hall–Kier alpha value is -3.96. The molecule has 12 heteroatoms. The first-order valence-corrected chi connectivity index (χ1v) is 10.6. The number of hydrogen-bond donors (Lipinski definition) is 3. The zero-order valence-corrected chi connectivity index (χ0v) is 18.0. The summed E-state index contributed by atoms with van der Waals surface area (Å²) >= 11 is 0. The SMILES string of the molecule is CN1CC([C@H]2C[C@@H]2C(=O)Nc2cc3cc(-c4cnc(N)c(C(F)(F)F)c4)nc(N)c3cn2)C=N1. The van der Waals surface area contributed by atoms with Gasteiger partial charge in [-0.25, -0.2) is 15.0 Å². The number of hydrazone groups is 1. The summed E-state index contributed by atoms with van der Waals surface area (Å²) in [5, 5.41) is 9.99. The van der Waals surface area contributed by atoms with Gasteiger partial charge in [0.05, 0.1) is 11.3 Å². The van der Waals surface area contributed by atoms with E-state index in [1.54, 1.807) is 12.1 Å². The van der Waals surface area contributed by atoms with Crippen LogP contribution in [0.5, 0.6) is 0 Å². The maximum atomic E-state index is 13.2. The Balaban J connectivity index is 1.39. The van der Waals surface area contributed by atoms with Gasteiger partial charge in [0.1, 0.15) is 17.5 Å². The first-order valence-electron chi connectivity index (χ1n) is 10.6. The van der Waals surface area contributed by atoms with E-state index in [9.17, 15) is 18.0 Å². The number of carbonyl (C=O) groups excluding carboxylic acids is 1. The van der Waals surface area contributed by atoms with E-state index >= 15 is 0 Å². The molecule has 1 aliphatic heterocycles. The quantitative estimate of drug-likeness (QED) is 0.533. The molecule has 1 fully saturated rings. The molecular weight excluding hydrogens is 449 g/mol. The van der Waals surface area contributed by atoms with Gasteiger partial charge in [-0.3, -0.25) is 9.80 Å². The van der Waals surface area contributed by atoms with Gasteiger partial charge in [0.15, 0.2) is 0 Å². The number of nitrogens with one attached hydrogen (secondary N) is 1. The van der Waals surface area contributed by atoms with Crippen molar-refractivity contribution in [2.45, 2.75) is 12.6 Å². The second-order valence-corrected chi connectivity index (χ2v) is 8.60. The topological polar surface area (TPSA) is 135 Å². The Kier molecular flexibility index (Phi) is 5.03. The minimum absolute atomic E-state index is 0.0927. The summed E-state index contributed by atoms with van der Waals surface area (Å²) < 4.78 is 39.7. The van der Waals surface area contributed by atoms with Crippen LogP contribution >= 0.6 is 0 Å². The van der Waals surface area contributed by atoms with Crippen molar-refractivity contribution in [2.75, 3.05) is 30.4 Å². The molecule has 5 N–H and O–H groups in total. The molecule has 0 bridgehead atoms. The number of carbonyl (C=O) groups is 1. The predicted molar refractivity (Wildman–Crippen MR) is 121 cm³/mol. The molecule has 1 aliphatic carbocycles. The molecule has 1 amide bonds. The van der Waals surface area contributed by atoms with Gasteiger partial charge in [0.25, 0.3) is 0 Å². The molecule has 34 heavy (non-hydrogen) atoms. The van der Waals surface area contributed by atoms with Crippen molar-refractivity contribution in [3.8, 4) is 11.3 Å². The number of nitrogens with zero attached hydrogens (tertiary/aromatic N) is 5. The zero-order chi connectivity index (χ0) is 24.2. The Morgan fingerprint density at radius 1 is 1.15 bits per heavy atom. The second-order valence-electron chi connectivity index (χ2n) is 8.60. The van der Waals surface area contributed by atoms with Crippen molar-refractivity contribution in [1.82, 2.24) is 20.0 Å². The molecule has 5 rings (SSSR count). The van der Waals surface area contributed by atoms with Crippen LogP contribution in [-0.4, -0.2) is 45.7 Å². The average molecular weight is 470 g/mol. The normalized spacial score (nSPS) is 21.8.